The fourth-order valence-corrected chi connectivity index (χ4v) is 8.27. The molecule has 0 amide bonds. The fourth-order valence-electron chi connectivity index (χ4n) is 8.27. The zero-order valence-corrected chi connectivity index (χ0v) is 18.1. The van der Waals surface area contributed by atoms with E-state index in [1.54, 1.807) is 51.4 Å². The summed E-state index contributed by atoms with van der Waals surface area (Å²) in [5.41, 5.74) is 0. The second-order valence-corrected chi connectivity index (χ2v) is 11.2. The Morgan fingerprint density at radius 3 is 1.15 bits per heavy atom. The molecule has 0 saturated heterocycles. The van der Waals surface area contributed by atoms with Crippen molar-refractivity contribution in [3.05, 3.63) is 0 Å². The normalized spacial score (nSPS) is 40.3. The van der Waals surface area contributed by atoms with Crippen molar-refractivity contribution in [1.82, 2.24) is 4.81 Å². The van der Waals surface area contributed by atoms with E-state index in [9.17, 15) is 0 Å². The lowest BCUT2D eigenvalue weighted by Gasteiger charge is -2.42. The van der Waals surface area contributed by atoms with Gasteiger partial charge >= 0.3 is 0 Å². The van der Waals surface area contributed by atoms with Crippen LogP contribution >= 0.6 is 0 Å². The SMILES string of the molecule is CC(C)N(B(C1CC2CCCCC2C1)C1CC2CCCCC2C1)C(C)C. The number of hydrogen-bond acceptors (Lipinski definition) is 1. The van der Waals surface area contributed by atoms with Crippen molar-refractivity contribution < 1.29 is 0 Å². The summed E-state index contributed by atoms with van der Waals surface area (Å²) in [6.45, 7) is 10.8. The largest absolute Gasteiger partial charge is 0.337 e. The molecule has 4 unspecified atom stereocenters. The lowest BCUT2D eigenvalue weighted by atomic mass is 9.39. The van der Waals surface area contributed by atoms with Gasteiger partial charge in [-0.3, -0.25) is 0 Å². The molecule has 0 radical (unpaired) electrons. The highest BCUT2D eigenvalue weighted by atomic mass is 15.1. The Bertz CT molecular complexity index is 393. The first-order valence-corrected chi connectivity index (χ1v) is 12.3. The first-order valence-electron chi connectivity index (χ1n) is 12.3. The molecule has 4 saturated carbocycles. The first kappa shape index (κ1) is 19.3. The summed E-state index contributed by atoms with van der Waals surface area (Å²) in [4.78, 5) is 2.98. The molecule has 1 nitrogen and oxygen atoms in total. The Morgan fingerprint density at radius 2 is 0.885 bits per heavy atom. The maximum atomic E-state index is 2.98. The third kappa shape index (κ3) is 3.78. The monoisotopic (exact) mass is 357 g/mol. The molecule has 4 rings (SSSR count). The Hall–Kier alpha value is 0.0249. The number of hydrogen-bond donors (Lipinski definition) is 0. The lowest BCUT2D eigenvalue weighted by Crippen LogP contribution is -2.52. The second kappa shape index (κ2) is 8.18. The highest BCUT2D eigenvalue weighted by Gasteiger charge is 2.50. The minimum absolute atomic E-state index is 0.699. The van der Waals surface area contributed by atoms with Crippen molar-refractivity contribution in [2.75, 3.05) is 0 Å². The third-order valence-electron chi connectivity index (χ3n) is 9.06. The predicted octanol–water partition coefficient (Wildman–Crippen LogP) is 7.04. The van der Waals surface area contributed by atoms with Crippen LogP contribution in [0.25, 0.3) is 0 Å². The average Bonchev–Trinajstić information content (AvgIpc) is 3.22. The van der Waals surface area contributed by atoms with Crippen LogP contribution in [0.2, 0.25) is 11.6 Å². The molecule has 0 spiro atoms. The molecular formula is C24H44BN. The van der Waals surface area contributed by atoms with Gasteiger partial charge in [-0.2, -0.15) is 0 Å². The lowest BCUT2D eigenvalue weighted by molar-refractivity contribution is 0.277. The average molecular weight is 357 g/mol. The van der Waals surface area contributed by atoms with Gasteiger partial charge in [0, 0.05) is 0 Å². The Balaban J connectivity index is 1.55. The zero-order valence-electron chi connectivity index (χ0n) is 18.1. The van der Waals surface area contributed by atoms with E-state index in [4.69, 9.17) is 0 Å². The van der Waals surface area contributed by atoms with Crippen LogP contribution in [0.15, 0.2) is 0 Å². The summed E-state index contributed by atoms with van der Waals surface area (Å²) in [5, 5.41) is 0. The van der Waals surface area contributed by atoms with Crippen molar-refractivity contribution in [2.45, 2.75) is 128 Å². The molecule has 0 aromatic heterocycles. The van der Waals surface area contributed by atoms with Crippen molar-refractivity contribution in [2.24, 2.45) is 23.7 Å². The molecule has 4 fully saturated rings. The van der Waals surface area contributed by atoms with Gasteiger partial charge in [0.15, 0.2) is 0 Å². The molecular weight excluding hydrogens is 313 g/mol. The van der Waals surface area contributed by atoms with Gasteiger partial charge in [-0.1, -0.05) is 105 Å². The van der Waals surface area contributed by atoms with Gasteiger partial charge in [0.2, 0.25) is 6.85 Å². The zero-order chi connectivity index (χ0) is 18.3. The molecule has 0 aromatic carbocycles. The van der Waals surface area contributed by atoms with E-state index in [0.29, 0.717) is 12.1 Å². The van der Waals surface area contributed by atoms with Crippen molar-refractivity contribution in [3.8, 4) is 0 Å². The van der Waals surface area contributed by atoms with E-state index in [0.717, 1.165) is 42.2 Å². The molecule has 26 heavy (non-hydrogen) atoms. The van der Waals surface area contributed by atoms with Gasteiger partial charge in [-0.15, -0.1) is 0 Å². The summed E-state index contributed by atoms with van der Waals surface area (Å²) in [6, 6.07) is 1.40. The van der Waals surface area contributed by atoms with Gasteiger partial charge < -0.3 is 4.81 Å². The molecule has 4 aliphatic rings. The summed E-state index contributed by atoms with van der Waals surface area (Å²) >= 11 is 0. The van der Waals surface area contributed by atoms with Gasteiger partial charge in [0.1, 0.15) is 0 Å². The Morgan fingerprint density at radius 1 is 0.577 bits per heavy atom. The molecule has 148 valence electrons. The predicted molar refractivity (Wildman–Crippen MR) is 115 cm³/mol. The summed E-state index contributed by atoms with van der Waals surface area (Å²) in [6.07, 6.45) is 18.5. The number of nitrogens with zero attached hydrogens (tertiary/aromatic N) is 1. The quantitative estimate of drug-likeness (QED) is 0.477. The van der Waals surface area contributed by atoms with Crippen LogP contribution in [0.4, 0.5) is 0 Å². The number of rotatable bonds is 5. The van der Waals surface area contributed by atoms with Gasteiger partial charge in [0.05, 0.1) is 0 Å². The smallest absolute Gasteiger partial charge is 0.230 e. The summed E-state index contributed by atoms with van der Waals surface area (Å²) in [7, 11) is 0. The fraction of sp³-hybridized carbons (Fsp3) is 1.00. The summed E-state index contributed by atoms with van der Waals surface area (Å²) < 4.78 is 0. The summed E-state index contributed by atoms with van der Waals surface area (Å²) in [5.74, 6) is 6.33. The van der Waals surface area contributed by atoms with Crippen molar-refractivity contribution >= 4 is 6.85 Å². The Kier molecular flexibility index (Phi) is 6.09. The van der Waals surface area contributed by atoms with E-state index in [-0.39, 0.29) is 0 Å². The van der Waals surface area contributed by atoms with Crippen LogP contribution in [0.1, 0.15) is 105 Å². The van der Waals surface area contributed by atoms with Crippen LogP contribution in [0.5, 0.6) is 0 Å². The van der Waals surface area contributed by atoms with E-state index in [1.165, 1.54) is 25.7 Å². The van der Waals surface area contributed by atoms with E-state index in [1.807, 2.05) is 0 Å². The van der Waals surface area contributed by atoms with Crippen LogP contribution in [-0.2, 0) is 0 Å². The van der Waals surface area contributed by atoms with Crippen LogP contribution in [-0.4, -0.2) is 23.7 Å². The van der Waals surface area contributed by atoms with Gasteiger partial charge in [-0.25, -0.2) is 0 Å². The van der Waals surface area contributed by atoms with E-state index >= 15 is 0 Å². The highest BCUT2D eigenvalue weighted by molar-refractivity contribution is 6.59. The van der Waals surface area contributed by atoms with Crippen molar-refractivity contribution in [1.29, 1.82) is 0 Å². The minimum Gasteiger partial charge on any atom is -0.337 e. The molecule has 0 aliphatic heterocycles. The molecule has 0 N–H and O–H groups in total. The van der Waals surface area contributed by atoms with Crippen LogP contribution in [0.3, 0.4) is 0 Å². The highest BCUT2D eigenvalue weighted by Crippen LogP contribution is 2.56. The minimum atomic E-state index is 0.699. The molecule has 0 aromatic rings. The molecule has 4 atom stereocenters. The standard InChI is InChI=1S/C24H44BN/c1-17(2)26(18(3)4)25(23-13-19-9-5-6-10-20(19)14-23)24-15-21-11-7-8-12-22(21)16-24/h17-24H,5-16H2,1-4H3. The maximum Gasteiger partial charge on any atom is 0.230 e. The van der Waals surface area contributed by atoms with Crippen LogP contribution < -0.4 is 0 Å². The number of fused-ring (bicyclic) bond motifs is 2. The molecule has 4 aliphatic carbocycles. The maximum absolute atomic E-state index is 2.98. The topological polar surface area (TPSA) is 3.24 Å². The van der Waals surface area contributed by atoms with Crippen molar-refractivity contribution in [3.63, 3.8) is 0 Å². The molecule has 0 bridgehead atoms. The van der Waals surface area contributed by atoms with Gasteiger partial charge in [0.25, 0.3) is 0 Å². The Labute approximate surface area is 164 Å². The van der Waals surface area contributed by atoms with Gasteiger partial charge in [-0.05, 0) is 47.4 Å². The first-order chi connectivity index (χ1) is 12.5. The molecule has 2 heteroatoms. The van der Waals surface area contributed by atoms with E-state index in [2.05, 4.69) is 32.5 Å². The van der Waals surface area contributed by atoms with E-state index < -0.39 is 0 Å². The third-order valence-corrected chi connectivity index (χ3v) is 9.06. The van der Waals surface area contributed by atoms with Crippen LogP contribution in [0, 0.1) is 23.7 Å². The second-order valence-electron chi connectivity index (χ2n) is 11.2. The molecule has 0 heterocycles.